The van der Waals surface area contributed by atoms with E-state index in [0.717, 1.165) is 6.07 Å². The Morgan fingerprint density at radius 1 is 1.24 bits per heavy atom. The minimum absolute atomic E-state index is 0.0467. The largest absolute Gasteiger partial charge is 0.476 e. The first-order valence-corrected chi connectivity index (χ1v) is 10.8. The second-order valence-corrected chi connectivity index (χ2v) is 9.13. The second kappa shape index (κ2) is 8.41. The molecule has 1 heterocycles. The number of alkyl halides is 3. The van der Waals surface area contributed by atoms with Crippen LogP contribution in [0.1, 0.15) is 37.3 Å². The Labute approximate surface area is 196 Å². The summed E-state index contributed by atoms with van der Waals surface area (Å²) in [6.45, 7) is 2.71. The number of fused-ring (bicyclic) bond motifs is 1. The molecule has 0 radical (unpaired) electrons. The van der Waals surface area contributed by atoms with E-state index in [9.17, 15) is 27.2 Å². The molecule has 1 saturated carbocycles. The van der Waals surface area contributed by atoms with Gasteiger partial charge in [-0.2, -0.15) is 13.2 Å². The summed E-state index contributed by atoms with van der Waals surface area (Å²) in [5, 5.41) is 2.36. The zero-order valence-corrected chi connectivity index (χ0v) is 18.9. The van der Waals surface area contributed by atoms with Gasteiger partial charge in [-0.15, -0.1) is 0 Å². The van der Waals surface area contributed by atoms with E-state index in [0.29, 0.717) is 5.56 Å². The molecule has 4 rings (SSSR count). The van der Waals surface area contributed by atoms with E-state index >= 15 is 4.39 Å². The van der Waals surface area contributed by atoms with E-state index in [1.807, 2.05) is 0 Å². The van der Waals surface area contributed by atoms with Crippen molar-refractivity contribution in [1.82, 2.24) is 0 Å². The third-order valence-corrected chi connectivity index (χ3v) is 6.30. The molecule has 182 valence electrons. The van der Waals surface area contributed by atoms with E-state index in [4.69, 9.17) is 16.3 Å². The van der Waals surface area contributed by atoms with Crippen LogP contribution in [0.2, 0.25) is 5.02 Å². The quantitative estimate of drug-likeness (QED) is 0.517. The fourth-order valence-electron chi connectivity index (χ4n) is 4.02. The number of hydrogen-bond acceptors (Lipinski definition) is 3. The second-order valence-electron chi connectivity index (χ2n) is 8.70. The third kappa shape index (κ3) is 4.43. The average Bonchev–Trinajstić information content (AvgIpc) is 3.50. The summed E-state index contributed by atoms with van der Waals surface area (Å²) in [6.07, 6.45) is -6.74. The van der Waals surface area contributed by atoms with E-state index in [1.54, 1.807) is 0 Å². The first-order valence-electron chi connectivity index (χ1n) is 10.4. The molecule has 1 aliphatic heterocycles. The van der Waals surface area contributed by atoms with E-state index < -0.39 is 47.6 Å². The number of hydrogen-bond donors (Lipinski definition) is 1. The lowest BCUT2D eigenvalue weighted by molar-refractivity contribution is -0.189. The molecule has 2 aromatic carbocycles. The molecule has 5 nitrogen and oxygen atoms in total. The lowest BCUT2D eigenvalue weighted by Gasteiger charge is -2.34. The van der Waals surface area contributed by atoms with Crippen LogP contribution in [0, 0.1) is 24.0 Å². The maximum Gasteiger partial charge on any atom is 0.395 e. The number of benzene rings is 2. The maximum atomic E-state index is 15.4. The van der Waals surface area contributed by atoms with Crippen molar-refractivity contribution in [2.75, 3.05) is 10.2 Å². The molecule has 1 aliphatic carbocycles. The van der Waals surface area contributed by atoms with Crippen LogP contribution in [0.25, 0.3) is 0 Å². The Kier molecular flexibility index (Phi) is 6.00. The summed E-state index contributed by atoms with van der Waals surface area (Å²) in [6, 6.07) is 5.14. The number of anilines is 2. The molecule has 1 unspecified atom stereocenters. The third-order valence-electron chi connectivity index (χ3n) is 6.08. The van der Waals surface area contributed by atoms with Gasteiger partial charge in [-0.1, -0.05) is 11.6 Å². The predicted octanol–water partition coefficient (Wildman–Crippen LogP) is 5.91. The van der Waals surface area contributed by atoms with Gasteiger partial charge in [-0.05, 0) is 62.1 Å². The van der Waals surface area contributed by atoms with Crippen LogP contribution in [0.4, 0.5) is 33.3 Å². The molecule has 1 atom stereocenters. The Morgan fingerprint density at radius 2 is 1.91 bits per heavy atom. The molecule has 2 aromatic rings. The molecule has 2 amide bonds. The van der Waals surface area contributed by atoms with Gasteiger partial charge in [-0.3, -0.25) is 9.59 Å². The van der Waals surface area contributed by atoms with Gasteiger partial charge in [0.05, 0.1) is 23.3 Å². The normalized spacial score (nSPS) is 18.9. The lowest BCUT2D eigenvalue weighted by Crippen LogP contribution is -2.44. The van der Waals surface area contributed by atoms with Gasteiger partial charge in [0.25, 0.3) is 5.91 Å². The highest BCUT2D eigenvalue weighted by Gasteiger charge is 2.63. The van der Waals surface area contributed by atoms with Crippen molar-refractivity contribution < 1.29 is 36.3 Å². The maximum absolute atomic E-state index is 15.4. The first-order chi connectivity index (χ1) is 15.8. The fraction of sp³-hybridized carbons (Fsp3) is 0.391. The number of rotatable bonds is 5. The van der Waals surface area contributed by atoms with Gasteiger partial charge >= 0.3 is 6.18 Å². The van der Waals surface area contributed by atoms with Crippen LogP contribution in [0.3, 0.4) is 0 Å². The fourth-order valence-corrected chi connectivity index (χ4v) is 4.27. The van der Waals surface area contributed by atoms with Gasteiger partial charge in [0, 0.05) is 11.4 Å². The molecule has 0 spiro atoms. The highest BCUT2D eigenvalue weighted by atomic mass is 35.5. The van der Waals surface area contributed by atoms with Gasteiger partial charge in [-0.25, -0.2) is 8.78 Å². The summed E-state index contributed by atoms with van der Waals surface area (Å²) in [7, 11) is 0. The van der Waals surface area contributed by atoms with Crippen LogP contribution in [0.15, 0.2) is 24.3 Å². The van der Waals surface area contributed by atoms with Crippen molar-refractivity contribution in [3.05, 3.63) is 52.0 Å². The molecule has 1 fully saturated rings. The van der Waals surface area contributed by atoms with Crippen molar-refractivity contribution in [3.63, 3.8) is 0 Å². The zero-order valence-electron chi connectivity index (χ0n) is 18.2. The van der Waals surface area contributed by atoms with Crippen LogP contribution in [0.5, 0.6) is 5.75 Å². The van der Waals surface area contributed by atoms with Crippen LogP contribution in [-0.2, 0) is 16.1 Å². The molecule has 34 heavy (non-hydrogen) atoms. The number of carbonyl (C=O) groups excluding carboxylic acids is 2. The van der Waals surface area contributed by atoms with Crippen molar-refractivity contribution in [2.45, 2.75) is 51.9 Å². The van der Waals surface area contributed by atoms with Gasteiger partial charge in [0.15, 0.2) is 17.7 Å². The highest BCUT2D eigenvalue weighted by molar-refractivity contribution is 6.30. The van der Waals surface area contributed by atoms with Gasteiger partial charge < -0.3 is 15.0 Å². The average molecular weight is 503 g/mol. The number of nitrogens with one attached hydrogen (secondary N) is 1. The van der Waals surface area contributed by atoms with E-state index in [-0.39, 0.29) is 47.1 Å². The summed E-state index contributed by atoms with van der Waals surface area (Å²) in [5.41, 5.74) is -1.82. The Morgan fingerprint density at radius 3 is 2.50 bits per heavy atom. The van der Waals surface area contributed by atoms with Crippen LogP contribution < -0.4 is 15.0 Å². The number of nitrogens with zero attached hydrogens (tertiary/aromatic N) is 1. The number of carbonyl (C=O) groups is 2. The minimum atomic E-state index is -4.52. The molecule has 0 bridgehead atoms. The monoisotopic (exact) mass is 502 g/mol. The Balaban J connectivity index is 1.65. The van der Waals surface area contributed by atoms with E-state index in [2.05, 4.69) is 5.32 Å². The van der Waals surface area contributed by atoms with Crippen molar-refractivity contribution in [1.29, 1.82) is 0 Å². The highest BCUT2D eigenvalue weighted by Crippen LogP contribution is 2.60. The Bertz CT molecular complexity index is 1160. The topological polar surface area (TPSA) is 58.6 Å². The molecular formula is C23H20ClF5N2O3. The number of amides is 2. The number of halogens is 6. The predicted molar refractivity (Wildman–Crippen MR) is 115 cm³/mol. The standard InChI is InChI=1S/C23H20ClF5N2O3/c1-11-5-16-20(18(26)19(11)30-17(32)9-22(3-4-22)23(27,28)29)34-12(2)21(33)31(16)10-13-6-14(24)8-15(25)7-13/h5-8,12H,3-4,9-10H2,1-2H3,(H,30,32). The molecular weight excluding hydrogens is 483 g/mol. The zero-order chi connectivity index (χ0) is 25.0. The first kappa shape index (κ1) is 24.3. The smallest absolute Gasteiger partial charge is 0.395 e. The SMILES string of the molecule is Cc1cc2c(c(F)c1NC(=O)CC1(C(F)(F)F)CC1)OC(C)C(=O)N2Cc1cc(F)cc(Cl)c1. The van der Waals surface area contributed by atoms with Crippen LogP contribution in [-0.4, -0.2) is 24.1 Å². The van der Waals surface area contributed by atoms with Crippen molar-refractivity contribution >= 4 is 34.8 Å². The van der Waals surface area contributed by atoms with Crippen molar-refractivity contribution in [3.8, 4) is 5.75 Å². The minimum Gasteiger partial charge on any atom is -0.476 e. The number of aryl methyl sites for hydroxylation is 1. The summed E-state index contributed by atoms with van der Waals surface area (Å²) in [4.78, 5) is 26.3. The van der Waals surface area contributed by atoms with Crippen LogP contribution >= 0.6 is 11.6 Å². The van der Waals surface area contributed by atoms with Gasteiger partial charge in [0.1, 0.15) is 5.82 Å². The molecule has 1 N–H and O–H groups in total. The van der Waals surface area contributed by atoms with Crippen molar-refractivity contribution in [2.24, 2.45) is 5.41 Å². The summed E-state index contributed by atoms with van der Waals surface area (Å²) < 4.78 is 74.2. The molecule has 11 heteroatoms. The lowest BCUT2D eigenvalue weighted by atomic mass is 10.0. The summed E-state index contributed by atoms with van der Waals surface area (Å²) in [5.74, 6) is -3.44. The number of ether oxygens (including phenoxy) is 1. The van der Waals surface area contributed by atoms with E-state index in [1.165, 1.54) is 36.9 Å². The molecule has 0 aromatic heterocycles. The van der Waals surface area contributed by atoms with Gasteiger partial charge in [0.2, 0.25) is 5.91 Å². The summed E-state index contributed by atoms with van der Waals surface area (Å²) >= 11 is 5.89. The molecule has 2 aliphatic rings. The molecule has 0 saturated heterocycles. The Hall–Kier alpha value is -2.88.